The molecule has 1 saturated carbocycles. The summed E-state index contributed by atoms with van der Waals surface area (Å²) < 4.78 is 0. The van der Waals surface area contributed by atoms with Gasteiger partial charge in [-0.1, -0.05) is 50.3 Å². The SMILES string of the molecule is C1CCCC(CCCSC2=NCCN2)CC1. The number of hydrogen-bond acceptors (Lipinski definition) is 3. The smallest absolute Gasteiger partial charge is 0.156 e. The highest BCUT2D eigenvalue weighted by molar-refractivity contribution is 8.13. The predicted molar refractivity (Wildman–Crippen MR) is 73.2 cm³/mol. The van der Waals surface area contributed by atoms with Gasteiger partial charge in [0.05, 0.1) is 6.54 Å². The Bertz CT molecular complexity index is 220. The molecule has 16 heavy (non-hydrogen) atoms. The first-order valence-corrected chi connectivity index (χ1v) is 7.85. The van der Waals surface area contributed by atoms with E-state index in [1.54, 1.807) is 0 Å². The van der Waals surface area contributed by atoms with Gasteiger partial charge in [-0.05, 0) is 18.8 Å². The third-order valence-electron chi connectivity index (χ3n) is 3.61. The van der Waals surface area contributed by atoms with Crippen molar-refractivity contribution >= 4 is 16.9 Å². The van der Waals surface area contributed by atoms with E-state index < -0.39 is 0 Å². The van der Waals surface area contributed by atoms with Gasteiger partial charge in [-0.25, -0.2) is 0 Å². The maximum Gasteiger partial charge on any atom is 0.156 e. The summed E-state index contributed by atoms with van der Waals surface area (Å²) in [7, 11) is 0. The van der Waals surface area contributed by atoms with Gasteiger partial charge in [-0.2, -0.15) is 0 Å². The minimum absolute atomic E-state index is 0.977. The Morgan fingerprint density at radius 1 is 1.19 bits per heavy atom. The average Bonchev–Trinajstić information content (AvgIpc) is 2.68. The second-order valence-corrected chi connectivity index (χ2v) is 6.05. The van der Waals surface area contributed by atoms with E-state index in [1.807, 2.05) is 11.8 Å². The molecule has 0 bridgehead atoms. The quantitative estimate of drug-likeness (QED) is 0.601. The van der Waals surface area contributed by atoms with E-state index in [9.17, 15) is 0 Å². The molecular weight excluding hydrogens is 216 g/mol. The standard InChI is InChI=1S/C13H24N2S/c1-2-4-7-12(6-3-1)8-5-11-16-13-14-9-10-15-13/h12H,1-11H2,(H,14,15). The molecule has 0 unspecified atom stereocenters. The van der Waals surface area contributed by atoms with Crippen molar-refractivity contribution in [3.05, 3.63) is 0 Å². The molecule has 0 aromatic carbocycles. The van der Waals surface area contributed by atoms with Crippen molar-refractivity contribution in [3.8, 4) is 0 Å². The van der Waals surface area contributed by atoms with E-state index in [0.29, 0.717) is 0 Å². The molecule has 2 aliphatic rings. The van der Waals surface area contributed by atoms with Gasteiger partial charge < -0.3 is 5.32 Å². The zero-order valence-electron chi connectivity index (χ0n) is 10.2. The monoisotopic (exact) mass is 240 g/mol. The van der Waals surface area contributed by atoms with E-state index in [2.05, 4.69) is 10.3 Å². The van der Waals surface area contributed by atoms with Crippen molar-refractivity contribution in [1.29, 1.82) is 0 Å². The van der Waals surface area contributed by atoms with Crippen LogP contribution in [0.1, 0.15) is 51.4 Å². The summed E-state index contributed by atoms with van der Waals surface area (Å²) in [6, 6.07) is 0. The van der Waals surface area contributed by atoms with Crippen LogP contribution >= 0.6 is 11.8 Å². The van der Waals surface area contributed by atoms with Crippen LogP contribution in [0, 0.1) is 5.92 Å². The number of hydrogen-bond donors (Lipinski definition) is 1. The molecule has 1 aliphatic carbocycles. The van der Waals surface area contributed by atoms with Gasteiger partial charge in [-0.3, -0.25) is 4.99 Å². The zero-order valence-corrected chi connectivity index (χ0v) is 11.0. The van der Waals surface area contributed by atoms with Gasteiger partial charge in [0.15, 0.2) is 5.17 Å². The van der Waals surface area contributed by atoms with E-state index in [1.165, 1.54) is 62.3 Å². The van der Waals surface area contributed by atoms with Gasteiger partial charge in [0.1, 0.15) is 0 Å². The highest BCUT2D eigenvalue weighted by Crippen LogP contribution is 2.27. The Morgan fingerprint density at radius 2 is 2.00 bits per heavy atom. The second kappa shape index (κ2) is 7.21. The van der Waals surface area contributed by atoms with Crippen LogP contribution < -0.4 is 5.32 Å². The van der Waals surface area contributed by atoms with Gasteiger partial charge >= 0.3 is 0 Å². The van der Waals surface area contributed by atoms with E-state index in [4.69, 9.17) is 0 Å². The summed E-state index contributed by atoms with van der Waals surface area (Å²) in [4.78, 5) is 4.40. The van der Waals surface area contributed by atoms with Gasteiger partial charge in [-0.15, -0.1) is 0 Å². The lowest BCUT2D eigenvalue weighted by atomic mass is 9.95. The van der Waals surface area contributed by atoms with Gasteiger partial charge in [0.2, 0.25) is 0 Å². The molecule has 3 heteroatoms. The molecule has 1 aliphatic heterocycles. The Balaban J connectivity index is 1.53. The molecule has 0 amide bonds. The van der Waals surface area contributed by atoms with Gasteiger partial charge in [0.25, 0.3) is 0 Å². The molecule has 0 spiro atoms. The molecule has 0 aromatic heterocycles. The van der Waals surface area contributed by atoms with Crippen molar-refractivity contribution in [2.75, 3.05) is 18.8 Å². The van der Waals surface area contributed by atoms with E-state index >= 15 is 0 Å². The van der Waals surface area contributed by atoms with Crippen LogP contribution in [0.15, 0.2) is 4.99 Å². The maximum absolute atomic E-state index is 4.40. The fraction of sp³-hybridized carbons (Fsp3) is 0.923. The van der Waals surface area contributed by atoms with Crippen LogP contribution in [0.5, 0.6) is 0 Å². The van der Waals surface area contributed by atoms with Crippen LogP contribution in [0.2, 0.25) is 0 Å². The Morgan fingerprint density at radius 3 is 2.69 bits per heavy atom. The summed E-state index contributed by atoms with van der Waals surface area (Å²) in [5.74, 6) is 2.28. The zero-order chi connectivity index (χ0) is 11.1. The number of rotatable bonds is 4. The first-order chi connectivity index (χ1) is 7.95. The number of aliphatic imine (C=N–C) groups is 1. The molecule has 0 saturated heterocycles. The molecule has 1 fully saturated rings. The molecule has 2 rings (SSSR count). The van der Waals surface area contributed by atoms with Gasteiger partial charge in [0, 0.05) is 12.3 Å². The molecule has 0 radical (unpaired) electrons. The lowest BCUT2D eigenvalue weighted by Gasteiger charge is -2.13. The third kappa shape index (κ3) is 4.36. The topological polar surface area (TPSA) is 24.4 Å². The molecular formula is C13H24N2S. The van der Waals surface area contributed by atoms with Crippen LogP contribution in [-0.4, -0.2) is 24.0 Å². The minimum Gasteiger partial charge on any atom is -0.363 e. The van der Waals surface area contributed by atoms with Crippen LogP contribution in [0.3, 0.4) is 0 Å². The second-order valence-electron chi connectivity index (χ2n) is 4.96. The van der Waals surface area contributed by atoms with E-state index in [0.717, 1.165) is 19.0 Å². The maximum atomic E-state index is 4.40. The summed E-state index contributed by atoms with van der Waals surface area (Å²) in [6.07, 6.45) is 11.7. The molecule has 1 heterocycles. The number of nitrogens with one attached hydrogen (secondary N) is 1. The fourth-order valence-electron chi connectivity index (χ4n) is 2.67. The Labute approximate surface area is 104 Å². The van der Waals surface area contributed by atoms with Crippen molar-refractivity contribution < 1.29 is 0 Å². The summed E-state index contributed by atoms with van der Waals surface area (Å²) in [5, 5.41) is 4.50. The first-order valence-electron chi connectivity index (χ1n) is 6.86. The highest BCUT2D eigenvalue weighted by Gasteiger charge is 2.12. The number of nitrogens with zero attached hydrogens (tertiary/aromatic N) is 1. The molecule has 2 nitrogen and oxygen atoms in total. The van der Waals surface area contributed by atoms with Crippen LogP contribution in [-0.2, 0) is 0 Å². The lowest BCUT2D eigenvalue weighted by molar-refractivity contribution is 0.425. The molecule has 0 aromatic rings. The lowest BCUT2D eigenvalue weighted by Crippen LogP contribution is -2.15. The Kier molecular flexibility index (Phi) is 5.53. The van der Waals surface area contributed by atoms with Crippen molar-refractivity contribution in [1.82, 2.24) is 5.32 Å². The largest absolute Gasteiger partial charge is 0.363 e. The molecule has 0 atom stereocenters. The first kappa shape index (κ1) is 12.3. The number of amidine groups is 1. The molecule has 1 N–H and O–H groups in total. The van der Waals surface area contributed by atoms with E-state index in [-0.39, 0.29) is 0 Å². The molecule has 92 valence electrons. The van der Waals surface area contributed by atoms with Crippen LogP contribution in [0.25, 0.3) is 0 Å². The summed E-state index contributed by atoms with van der Waals surface area (Å²) >= 11 is 1.92. The minimum atomic E-state index is 0.977. The fourth-order valence-corrected chi connectivity index (χ4v) is 3.56. The summed E-state index contributed by atoms with van der Waals surface area (Å²) in [6.45, 7) is 2.02. The van der Waals surface area contributed by atoms with Crippen LogP contribution in [0.4, 0.5) is 0 Å². The van der Waals surface area contributed by atoms with Crippen molar-refractivity contribution in [3.63, 3.8) is 0 Å². The average molecular weight is 240 g/mol. The number of thioether (sulfide) groups is 1. The highest BCUT2D eigenvalue weighted by atomic mass is 32.2. The van der Waals surface area contributed by atoms with Crippen molar-refractivity contribution in [2.45, 2.75) is 51.4 Å². The Hall–Kier alpha value is -0.180. The normalized spacial score (nSPS) is 22.6. The summed E-state index contributed by atoms with van der Waals surface area (Å²) in [5.41, 5.74) is 0. The predicted octanol–water partition coefficient (Wildman–Crippen LogP) is 3.43. The van der Waals surface area contributed by atoms with Crippen molar-refractivity contribution in [2.24, 2.45) is 10.9 Å². The third-order valence-corrected chi connectivity index (χ3v) is 4.65.